The van der Waals surface area contributed by atoms with Gasteiger partial charge in [-0.25, -0.2) is 0 Å². The third kappa shape index (κ3) is 3.29. The lowest BCUT2D eigenvalue weighted by molar-refractivity contribution is -0.151. The van der Waals surface area contributed by atoms with E-state index in [-0.39, 0.29) is 5.97 Å². The summed E-state index contributed by atoms with van der Waals surface area (Å²) in [5.41, 5.74) is -0.535. The molecule has 2 rings (SSSR count). The maximum absolute atomic E-state index is 12.1. The van der Waals surface area contributed by atoms with Crippen LogP contribution in [0.5, 0.6) is 0 Å². The molecule has 0 radical (unpaired) electrons. The van der Waals surface area contributed by atoms with Gasteiger partial charge in [-0.15, -0.1) is 0 Å². The zero-order valence-electron chi connectivity index (χ0n) is 12.6. The van der Waals surface area contributed by atoms with Gasteiger partial charge in [-0.05, 0) is 52.0 Å². The second-order valence-electron chi connectivity index (χ2n) is 6.16. The summed E-state index contributed by atoms with van der Waals surface area (Å²) in [7, 11) is 0. The molecule has 3 atom stereocenters. The Morgan fingerprint density at radius 3 is 2.74 bits per heavy atom. The second kappa shape index (κ2) is 6.23. The van der Waals surface area contributed by atoms with Gasteiger partial charge in [0.2, 0.25) is 0 Å². The van der Waals surface area contributed by atoms with E-state index in [1.54, 1.807) is 0 Å². The Labute approximate surface area is 116 Å². The summed E-state index contributed by atoms with van der Waals surface area (Å²) in [6.45, 7) is 9.36. The molecule has 2 bridgehead atoms. The van der Waals surface area contributed by atoms with Gasteiger partial charge in [-0.1, -0.05) is 6.92 Å². The number of rotatable bonds is 7. The van der Waals surface area contributed by atoms with E-state index in [4.69, 9.17) is 4.74 Å². The van der Waals surface area contributed by atoms with Crippen LogP contribution in [-0.2, 0) is 9.53 Å². The smallest absolute Gasteiger partial charge is 0.326 e. The van der Waals surface area contributed by atoms with Crippen molar-refractivity contribution in [2.75, 3.05) is 26.2 Å². The van der Waals surface area contributed by atoms with Crippen LogP contribution in [0, 0.1) is 5.92 Å². The number of piperidine rings is 1. The third-order valence-electron chi connectivity index (χ3n) is 4.71. The van der Waals surface area contributed by atoms with Crippen LogP contribution in [0.2, 0.25) is 0 Å². The van der Waals surface area contributed by atoms with Crippen molar-refractivity contribution in [3.63, 3.8) is 0 Å². The fourth-order valence-electron chi connectivity index (χ4n) is 3.61. The quantitative estimate of drug-likeness (QED) is 0.715. The molecule has 3 unspecified atom stereocenters. The fraction of sp³-hybridized carbons (Fsp3) is 0.933. The van der Waals surface area contributed by atoms with Crippen molar-refractivity contribution in [1.82, 2.24) is 10.2 Å². The lowest BCUT2D eigenvalue weighted by Gasteiger charge is -2.33. The van der Waals surface area contributed by atoms with E-state index in [1.807, 2.05) is 20.8 Å². The number of nitrogens with zero attached hydrogens (tertiary/aromatic N) is 1. The minimum absolute atomic E-state index is 0.110. The largest absolute Gasteiger partial charge is 0.465 e. The van der Waals surface area contributed by atoms with E-state index in [1.165, 1.54) is 25.8 Å². The van der Waals surface area contributed by atoms with E-state index in [9.17, 15) is 4.79 Å². The summed E-state index contributed by atoms with van der Waals surface area (Å²) in [5, 5.41) is 3.31. The number of hydrogen-bond donors (Lipinski definition) is 1. The Morgan fingerprint density at radius 2 is 2.21 bits per heavy atom. The van der Waals surface area contributed by atoms with Crippen molar-refractivity contribution in [1.29, 1.82) is 0 Å². The van der Waals surface area contributed by atoms with Crippen LogP contribution < -0.4 is 5.32 Å². The van der Waals surface area contributed by atoms with Gasteiger partial charge < -0.3 is 15.0 Å². The lowest BCUT2D eigenvalue weighted by atomic mass is 9.96. The Balaban J connectivity index is 1.87. The lowest BCUT2D eigenvalue weighted by Crippen LogP contribution is -2.52. The van der Waals surface area contributed by atoms with Crippen molar-refractivity contribution in [2.24, 2.45) is 5.92 Å². The standard InChI is InChI=1S/C15H28N2O2/c1-4-16-15(3,14(18)19-5-2)8-9-17-11-12-6-7-13(17)10-12/h12-13,16H,4-11H2,1-3H3. The molecule has 110 valence electrons. The van der Waals surface area contributed by atoms with Crippen LogP contribution in [0.25, 0.3) is 0 Å². The molecule has 1 aliphatic carbocycles. The third-order valence-corrected chi connectivity index (χ3v) is 4.71. The topological polar surface area (TPSA) is 41.6 Å². The minimum Gasteiger partial charge on any atom is -0.465 e. The first kappa shape index (κ1) is 14.8. The minimum atomic E-state index is -0.535. The summed E-state index contributed by atoms with van der Waals surface area (Å²) < 4.78 is 5.22. The average molecular weight is 268 g/mol. The van der Waals surface area contributed by atoms with Crippen LogP contribution in [0.3, 0.4) is 0 Å². The summed E-state index contributed by atoms with van der Waals surface area (Å²) in [6, 6.07) is 0.776. The SMILES string of the molecule is CCNC(C)(CCN1CC2CCC1C2)C(=O)OCC. The molecular weight excluding hydrogens is 240 g/mol. The molecule has 4 nitrogen and oxygen atoms in total. The number of likely N-dealkylation sites (N-methyl/N-ethyl adjacent to an activating group) is 1. The molecule has 1 saturated heterocycles. The normalized spacial score (nSPS) is 29.4. The zero-order chi connectivity index (χ0) is 13.9. The predicted molar refractivity (Wildman–Crippen MR) is 76.0 cm³/mol. The molecule has 0 aromatic heterocycles. The maximum Gasteiger partial charge on any atom is 0.326 e. The van der Waals surface area contributed by atoms with Gasteiger partial charge in [-0.3, -0.25) is 4.79 Å². The van der Waals surface area contributed by atoms with Crippen LogP contribution in [-0.4, -0.2) is 48.7 Å². The van der Waals surface area contributed by atoms with Gasteiger partial charge in [0, 0.05) is 19.1 Å². The molecule has 0 aromatic carbocycles. The molecule has 0 aromatic rings. The highest BCUT2D eigenvalue weighted by atomic mass is 16.5. The summed E-state index contributed by atoms with van der Waals surface area (Å²) in [6.07, 6.45) is 4.96. The zero-order valence-corrected chi connectivity index (χ0v) is 12.6. The summed E-state index contributed by atoms with van der Waals surface area (Å²) >= 11 is 0. The first-order chi connectivity index (χ1) is 9.09. The van der Waals surface area contributed by atoms with E-state index in [0.29, 0.717) is 6.61 Å². The monoisotopic (exact) mass is 268 g/mol. The molecule has 2 aliphatic rings. The first-order valence-corrected chi connectivity index (χ1v) is 7.75. The first-order valence-electron chi connectivity index (χ1n) is 7.75. The average Bonchev–Trinajstić information content (AvgIpc) is 2.99. The maximum atomic E-state index is 12.1. The van der Waals surface area contributed by atoms with E-state index in [0.717, 1.165) is 31.5 Å². The Kier molecular flexibility index (Phi) is 4.85. The number of likely N-dealkylation sites (tertiary alicyclic amines) is 1. The fourth-order valence-corrected chi connectivity index (χ4v) is 3.61. The number of fused-ring (bicyclic) bond motifs is 2. The molecule has 1 heterocycles. The van der Waals surface area contributed by atoms with Crippen molar-refractivity contribution < 1.29 is 9.53 Å². The van der Waals surface area contributed by atoms with E-state index >= 15 is 0 Å². The summed E-state index contributed by atoms with van der Waals surface area (Å²) in [5.74, 6) is 0.805. The molecule has 4 heteroatoms. The van der Waals surface area contributed by atoms with Crippen LogP contribution >= 0.6 is 0 Å². The Bertz CT molecular complexity index is 321. The summed E-state index contributed by atoms with van der Waals surface area (Å²) in [4.78, 5) is 14.7. The van der Waals surface area contributed by atoms with Crippen molar-refractivity contribution in [2.45, 2.75) is 58.0 Å². The molecular formula is C15H28N2O2. The molecule has 1 saturated carbocycles. The molecule has 0 amide bonds. The highest BCUT2D eigenvalue weighted by molar-refractivity contribution is 5.80. The van der Waals surface area contributed by atoms with Gasteiger partial charge >= 0.3 is 5.97 Å². The Hall–Kier alpha value is -0.610. The number of esters is 1. The van der Waals surface area contributed by atoms with Gasteiger partial charge in [0.25, 0.3) is 0 Å². The highest BCUT2D eigenvalue weighted by Gasteiger charge is 2.40. The predicted octanol–water partition coefficient (Wildman–Crippen LogP) is 1.79. The van der Waals surface area contributed by atoms with E-state index in [2.05, 4.69) is 10.2 Å². The highest BCUT2D eigenvalue weighted by Crippen LogP contribution is 2.37. The van der Waals surface area contributed by atoms with Gasteiger partial charge in [0.15, 0.2) is 0 Å². The molecule has 1 aliphatic heterocycles. The van der Waals surface area contributed by atoms with Gasteiger partial charge in [0.1, 0.15) is 5.54 Å². The molecule has 1 N–H and O–H groups in total. The second-order valence-corrected chi connectivity index (χ2v) is 6.16. The van der Waals surface area contributed by atoms with Crippen LogP contribution in [0.4, 0.5) is 0 Å². The molecule has 2 fully saturated rings. The van der Waals surface area contributed by atoms with Crippen LogP contribution in [0.15, 0.2) is 0 Å². The van der Waals surface area contributed by atoms with Crippen molar-refractivity contribution >= 4 is 5.97 Å². The van der Waals surface area contributed by atoms with Crippen LogP contribution in [0.1, 0.15) is 46.5 Å². The molecule has 0 spiro atoms. The van der Waals surface area contributed by atoms with Gasteiger partial charge in [0.05, 0.1) is 6.61 Å². The Morgan fingerprint density at radius 1 is 1.42 bits per heavy atom. The van der Waals surface area contributed by atoms with E-state index < -0.39 is 5.54 Å². The number of carbonyl (C=O) groups excluding carboxylic acids is 1. The van der Waals surface area contributed by atoms with Gasteiger partial charge in [-0.2, -0.15) is 0 Å². The number of hydrogen-bond acceptors (Lipinski definition) is 4. The number of carbonyl (C=O) groups is 1. The molecule has 19 heavy (non-hydrogen) atoms. The van der Waals surface area contributed by atoms with Crippen molar-refractivity contribution in [3.8, 4) is 0 Å². The van der Waals surface area contributed by atoms with Crippen molar-refractivity contribution in [3.05, 3.63) is 0 Å². The number of ether oxygens (including phenoxy) is 1. The number of nitrogens with one attached hydrogen (secondary N) is 1.